The van der Waals surface area contributed by atoms with Crippen LogP contribution in [0.25, 0.3) is 0 Å². The number of benzene rings is 2. The molecule has 27 heavy (non-hydrogen) atoms. The molecule has 2 aliphatic heterocycles. The van der Waals surface area contributed by atoms with Crippen molar-refractivity contribution in [1.29, 1.82) is 0 Å². The molecule has 140 valence electrons. The first-order chi connectivity index (χ1) is 13.1. The van der Waals surface area contributed by atoms with Gasteiger partial charge in [-0.05, 0) is 36.4 Å². The highest BCUT2D eigenvalue weighted by molar-refractivity contribution is 7.98. The van der Waals surface area contributed by atoms with E-state index in [9.17, 15) is 9.59 Å². The molecule has 2 aromatic rings. The first kappa shape index (κ1) is 18.1. The van der Waals surface area contributed by atoms with E-state index in [0.29, 0.717) is 37.9 Å². The van der Waals surface area contributed by atoms with E-state index in [1.807, 2.05) is 29.2 Å². The molecule has 0 bridgehead atoms. The number of aryl methyl sites for hydroxylation is 1. The van der Waals surface area contributed by atoms with Gasteiger partial charge in [-0.2, -0.15) is 0 Å². The molecule has 0 atom stereocenters. The van der Waals surface area contributed by atoms with Crippen LogP contribution in [0.3, 0.4) is 0 Å². The summed E-state index contributed by atoms with van der Waals surface area (Å²) < 4.78 is 5.76. The van der Waals surface area contributed by atoms with Crippen LogP contribution in [0.15, 0.2) is 53.4 Å². The van der Waals surface area contributed by atoms with E-state index >= 15 is 0 Å². The van der Waals surface area contributed by atoms with E-state index in [2.05, 4.69) is 30.5 Å². The van der Waals surface area contributed by atoms with Crippen molar-refractivity contribution < 1.29 is 14.3 Å². The number of likely N-dealkylation sites (tertiary alicyclic amines) is 1. The van der Waals surface area contributed by atoms with Gasteiger partial charge < -0.3 is 9.64 Å². The summed E-state index contributed by atoms with van der Waals surface area (Å²) in [5, 5.41) is 0. The van der Waals surface area contributed by atoms with Crippen LogP contribution in [0.1, 0.15) is 40.7 Å². The number of esters is 1. The molecule has 4 nitrogen and oxygen atoms in total. The number of hydrogen-bond acceptors (Lipinski definition) is 4. The van der Waals surface area contributed by atoms with Gasteiger partial charge in [0.25, 0.3) is 0 Å². The summed E-state index contributed by atoms with van der Waals surface area (Å²) in [7, 11) is 0. The normalized spacial score (nSPS) is 17.7. The van der Waals surface area contributed by atoms with Crippen molar-refractivity contribution >= 4 is 23.6 Å². The molecule has 0 radical (unpaired) electrons. The molecule has 0 aromatic heterocycles. The molecule has 1 amide bonds. The Morgan fingerprint density at radius 2 is 1.81 bits per heavy atom. The Morgan fingerprint density at radius 1 is 1.11 bits per heavy atom. The molecule has 1 spiro atoms. The summed E-state index contributed by atoms with van der Waals surface area (Å²) in [4.78, 5) is 27.9. The lowest BCUT2D eigenvalue weighted by molar-refractivity contribution is -0.135. The molecule has 0 saturated carbocycles. The number of nitrogens with zero attached hydrogens (tertiary/aromatic N) is 1. The zero-order chi connectivity index (χ0) is 18.9. The third-order valence-corrected chi connectivity index (χ3v) is 6.38. The topological polar surface area (TPSA) is 46.6 Å². The minimum atomic E-state index is -0.544. The van der Waals surface area contributed by atoms with Gasteiger partial charge in [-0.3, -0.25) is 4.79 Å². The average molecular weight is 381 g/mol. The largest absolute Gasteiger partial charge is 0.450 e. The van der Waals surface area contributed by atoms with E-state index in [1.165, 1.54) is 10.5 Å². The van der Waals surface area contributed by atoms with Gasteiger partial charge in [0, 0.05) is 42.8 Å². The lowest BCUT2D eigenvalue weighted by Crippen LogP contribution is -2.45. The molecule has 0 N–H and O–H groups in total. The fourth-order valence-electron chi connectivity index (χ4n) is 4.04. The van der Waals surface area contributed by atoms with E-state index < -0.39 is 5.60 Å². The number of carbonyl (C=O) groups is 2. The molecule has 1 fully saturated rings. The maximum atomic E-state index is 12.6. The summed E-state index contributed by atoms with van der Waals surface area (Å²) in [6.45, 7) is 1.26. The lowest BCUT2D eigenvalue weighted by atomic mass is 9.83. The molecule has 2 aromatic carbocycles. The van der Waals surface area contributed by atoms with Gasteiger partial charge in [0.1, 0.15) is 5.60 Å². The highest BCUT2D eigenvalue weighted by Gasteiger charge is 2.47. The van der Waals surface area contributed by atoms with Crippen LogP contribution < -0.4 is 0 Å². The summed E-state index contributed by atoms with van der Waals surface area (Å²) >= 11 is 1.72. The quantitative estimate of drug-likeness (QED) is 0.593. The molecular weight excluding hydrogens is 358 g/mol. The smallest absolute Gasteiger partial charge is 0.339 e. The van der Waals surface area contributed by atoms with Gasteiger partial charge in [-0.1, -0.05) is 30.3 Å². The molecule has 4 rings (SSSR count). The van der Waals surface area contributed by atoms with Crippen molar-refractivity contribution in [1.82, 2.24) is 4.90 Å². The second-order valence-electron chi connectivity index (χ2n) is 7.16. The third-order valence-electron chi connectivity index (χ3n) is 5.64. The highest BCUT2D eigenvalue weighted by atomic mass is 32.2. The van der Waals surface area contributed by atoms with Gasteiger partial charge in [0.15, 0.2) is 0 Å². The molecule has 0 aliphatic carbocycles. The van der Waals surface area contributed by atoms with Gasteiger partial charge in [0.05, 0.1) is 5.56 Å². The zero-order valence-corrected chi connectivity index (χ0v) is 16.3. The van der Waals surface area contributed by atoms with Crippen molar-refractivity contribution in [3.63, 3.8) is 0 Å². The van der Waals surface area contributed by atoms with Crippen LogP contribution in [0.2, 0.25) is 0 Å². The number of hydrogen-bond donors (Lipinski definition) is 0. The van der Waals surface area contributed by atoms with Crippen molar-refractivity contribution in [2.45, 2.75) is 36.2 Å². The Morgan fingerprint density at radius 3 is 2.52 bits per heavy atom. The van der Waals surface area contributed by atoms with Crippen molar-refractivity contribution in [3.05, 3.63) is 65.2 Å². The van der Waals surface area contributed by atoms with Crippen LogP contribution in [-0.2, 0) is 21.6 Å². The van der Waals surface area contributed by atoms with Crippen molar-refractivity contribution in [2.75, 3.05) is 19.3 Å². The molecular formula is C22H23NO3S. The number of piperidine rings is 1. The van der Waals surface area contributed by atoms with Crippen LogP contribution in [-0.4, -0.2) is 36.1 Å². The number of ether oxygens (including phenoxy) is 1. The summed E-state index contributed by atoms with van der Waals surface area (Å²) in [6.07, 6.45) is 4.67. The minimum absolute atomic E-state index is 0.177. The number of fused-ring (bicyclic) bond motifs is 2. The predicted octanol–water partition coefficient (Wildman–Crippen LogP) is 4.03. The number of carbonyl (C=O) groups excluding carboxylic acids is 2. The lowest BCUT2D eigenvalue weighted by Gasteiger charge is -2.38. The average Bonchev–Trinajstić information content (AvgIpc) is 2.99. The number of rotatable bonds is 4. The van der Waals surface area contributed by atoms with E-state index in [0.717, 1.165) is 12.0 Å². The van der Waals surface area contributed by atoms with Crippen LogP contribution >= 0.6 is 11.8 Å². The van der Waals surface area contributed by atoms with E-state index in [-0.39, 0.29) is 11.9 Å². The van der Waals surface area contributed by atoms with E-state index in [4.69, 9.17) is 4.74 Å². The Hall–Kier alpha value is -2.27. The van der Waals surface area contributed by atoms with Gasteiger partial charge in [-0.15, -0.1) is 11.8 Å². The van der Waals surface area contributed by atoms with E-state index in [1.54, 1.807) is 11.8 Å². The Bertz CT molecular complexity index is 854. The highest BCUT2D eigenvalue weighted by Crippen LogP contribution is 2.44. The third kappa shape index (κ3) is 3.48. The Labute approximate surface area is 163 Å². The first-order valence-corrected chi connectivity index (χ1v) is 10.6. The van der Waals surface area contributed by atoms with Crippen molar-refractivity contribution in [2.24, 2.45) is 0 Å². The van der Waals surface area contributed by atoms with Gasteiger partial charge in [-0.25, -0.2) is 4.79 Å². The van der Waals surface area contributed by atoms with Crippen LogP contribution in [0, 0.1) is 0 Å². The maximum Gasteiger partial charge on any atom is 0.339 e. The molecule has 1 saturated heterocycles. The fraction of sp³-hybridized carbons (Fsp3) is 0.364. The minimum Gasteiger partial charge on any atom is -0.450 e. The second kappa shape index (κ2) is 7.39. The van der Waals surface area contributed by atoms with Crippen molar-refractivity contribution in [3.8, 4) is 0 Å². The standard InChI is InChI=1S/C22H23NO3S/c1-27-17-9-6-16(7-10-17)8-11-20(24)23-14-12-22(13-15-23)19-5-3-2-4-18(19)21(25)26-22/h2-7,9-10H,8,11-15H2,1H3. The second-order valence-corrected chi connectivity index (χ2v) is 8.04. The molecule has 2 heterocycles. The van der Waals surface area contributed by atoms with Gasteiger partial charge >= 0.3 is 5.97 Å². The summed E-state index contributed by atoms with van der Waals surface area (Å²) in [5.74, 6) is -0.0598. The SMILES string of the molecule is CSc1ccc(CCC(=O)N2CCC3(CC2)OC(=O)c2ccccc23)cc1. The molecule has 0 unspecified atom stereocenters. The monoisotopic (exact) mass is 381 g/mol. The van der Waals surface area contributed by atoms with Crippen LogP contribution in [0.5, 0.6) is 0 Å². The molecule has 2 aliphatic rings. The number of thioether (sulfide) groups is 1. The number of amides is 1. The Kier molecular flexibility index (Phi) is 4.96. The maximum absolute atomic E-state index is 12.6. The van der Waals surface area contributed by atoms with Gasteiger partial charge in [0.2, 0.25) is 5.91 Å². The summed E-state index contributed by atoms with van der Waals surface area (Å²) in [5.41, 5.74) is 2.30. The predicted molar refractivity (Wildman–Crippen MR) is 106 cm³/mol. The fourth-order valence-corrected chi connectivity index (χ4v) is 4.44. The summed E-state index contributed by atoms with van der Waals surface area (Å²) in [6, 6.07) is 16.0. The first-order valence-electron chi connectivity index (χ1n) is 9.35. The Balaban J connectivity index is 1.35. The zero-order valence-electron chi connectivity index (χ0n) is 15.4. The van der Waals surface area contributed by atoms with Crippen LogP contribution in [0.4, 0.5) is 0 Å². The molecule has 5 heteroatoms.